The van der Waals surface area contributed by atoms with Crippen LogP contribution in [-0.2, 0) is 4.79 Å². The first kappa shape index (κ1) is 14.6. The largest absolute Gasteiger partial charge is 0.321 e. The summed E-state index contributed by atoms with van der Waals surface area (Å²) in [5.41, 5.74) is 2.47. The van der Waals surface area contributed by atoms with E-state index in [-0.39, 0.29) is 18.1 Å². The van der Waals surface area contributed by atoms with E-state index in [9.17, 15) is 4.79 Å². The van der Waals surface area contributed by atoms with E-state index in [0.29, 0.717) is 5.92 Å². The first-order valence-corrected chi connectivity index (χ1v) is 8.32. The average molecular weight is 286 g/mol. The van der Waals surface area contributed by atoms with Crippen LogP contribution < -0.4 is 5.32 Å². The van der Waals surface area contributed by atoms with Gasteiger partial charge >= 0.3 is 0 Å². The van der Waals surface area contributed by atoms with E-state index in [0.717, 1.165) is 13.0 Å². The second-order valence-electron chi connectivity index (χ2n) is 6.58. The molecule has 0 bridgehead atoms. The molecule has 3 nitrogen and oxygen atoms in total. The van der Waals surface area contributed by atoms with Gasteiger partial charge in [0.1, 0.15) is 6.17 Å². The van der Waals surface area contributed by atoms with Crippen LogP contribution in [0.4, 0.5) is 0 Å². The van der Waals surface area contributed by atoms with Crippen molar-refractivity contribution < 1.29 is 4.79 Å². The first-order chi connectivity index (χ1) is 10.2. The molecule has 0 radical (unpaired) electrons. The number of carbonyl (C=O) groups excluding carboxylic acids is 1. The Morgan fingerprint density at radius 2 is 1.86 bits per heavy atom. The molecule has 1 N–H and O–H groups in total. The molecule has 1 saturated heterocycles. The van der Waals surface area contributed by atoms with Gasteiger partial charge in [0.05, 0.1) is 6.04 Å². The van der Waals surface area contributed by atoms with Crippen LogP contribution >= 0.6 is 0 Å². The minimum atomic E-state index is -0.0160. The molecule has 0 aromatic heterocycles. The van der Waals surface area contributed by atoms with E-state index in [1.54, 1.807) is 0 Å². The fourth-order valence-electron chi connectivity index (χ4n) is 3.66. The van der Waals surface area contributed by atoms with E-state index < -0.39 is 0 Å². The Balaban J connectivity index is 1.81. The average Bonchev–Trinajstić information content (AvgIpc) is 3.10. The monoisotopic (exact) mass is 286 g/mol. The molecule has 1 amide bonds. The summed E-state index contributed by atoms with van der Waals surface area (Å²) in [6.45, 7) is 5.10. The number of amides is 1. The zero-order chi connectivity index (χ0) is 14.8. The summed E-state index contributed by atoms with van der Waals surface area (Å²) >= 11 is 0. The van der Waals surface area contributed by atoms with Crippen LogP contribution in [0, 0.1) is 12.8 Å². The summed E-state index contributed by atoms with van der Waals surface area (Å²) in [5, 5.41) is 3.53. The number of rotatable bonds is 4. The van der Waals surface area contributed by atoms with Crippen LogP contribution in [0.3, 0.4) is 0 Å². The van der Waals surface area contributed by atoms with Crippen molar-refractivity contribution in [3.05, 3.63) is 35.4 Å². The molecule has 0 spiro atoms. The summed E-state index contributed by atoms with van der Waals surface area (Å²) in [6, 6.07) is 8.56. The molecule has 3 rings (SSSR count). The summed E-state index contributed by atoms with van der Waals surface area (Å²) < 4.78 is 0. The van der Waals surface area contributed by atoms with Crippen molar-refractivity contribution in [3.63, 3.8) is 0 Å². The first-order valence-electron chi connectivity index (χ1n) is 8.32. The molecule has 114 valence electrons. The van der Waals surface area contributed by atoms with Crippen molar-refractivity contribution in [2.75, 3.05) is 6.54 Å². The van der Waals surface area contributed by atoms with Crippen molar-refractivity contribution in [3.8, 4) is 0 Å². The molecule has 1 aromatic carbocycles. The molecule has 2 unspecified atom stereocenters. The standard InChI is InChI=1S/C18H26N2O/c1-3-16-18(21)20(12-14-6-4-5-7-14)17(19-16)15-10-8-13(2)9-11-15/h8-11,14,16-17,19H,3-7,12H2,1-2H3. The Kier molecular flexibility index (Phi) is 4.29. The minimum absolute atomic E-state index is 0.0160. The SMILES string of the molecule is CCC1NC(c2ccc(C)cc2)N(CC2CCCC2)C1=O. The predicted molar refractivity (Wildman–Crippen MR) is 84.8 cm³/mol. The third-order valence-corrected chi connectivity index (χ3v) is 4.98. The van der Waals surface area contributed by atoms with Crippen LogP contribution in [0.2, 0.25) is 0 Å². The number of benzene rings is 1. The number of carbonyl (C=O) groups is 1. The predicted octanol–water partition coefficient (Wildman–Crippen LogP) is 3.39. The lowest BCUT2D eigenvalue weighted by Gasteiger charge is -2.27. The van der Waals surface area contributed by atoms with Crippen molar-refractivity contribution in [1.82, 2.24) is 10.2 Å². The van der Waals surface area contributed by atoms with Gasteiger partial charge in [-0.05, 0) is 37.7 Å². The summed E-state index contributed by atoms with van der Waals surface area (Å²) in [7, 11) is 0. The van der Waals surface area contributed by atoms with Gasteiger partial charge in [0.15, 0.2) is 0 Å². The summed E-state index contributed by atoms with van der Waals surface area (Å²) in [5.74, 6) is 0.981. The van der Waals surface area contributed by atoms with E-state index >= 15 is 0 Å². The van der Waals surface area contributed by atoms with Gasteiger partial charge < -0.3 is 4.90 Å². The van der Waals surface area contributed by atoms with Crippen molar-refractivity contribution in [2.24, 2.45) is 5.92 Å². The molecular formula is C18H26N2O. The molecule has 1 aliphatic heterocycles. The summed E-state index contributed by atoms with van der Waals surface area (Å²) in [4.78, 5) is 14.7. The van der Waals surface area contributed by atoms with Crippen molar-refractivity contribution >= 4 is 5.91 Å². The third-order valence-electron chi connectivity index (χ3n) is 4.98. The molecular weight excluding hydrogens is 260 g/mol. The van der Waals surface area contributed by atoms with Crippen molar-refractivity contribution in [2.45, 2.75) is 58.2 Å². The lowest BCUT2D eigenvalue weighted by molar-refractivity contribution is -0.130. The highest BCUT2D eigenvalue weighted by atomic mass is 16.2. The Labute approximate surface area is 127 Å². The number of hydrogen-bond donors (Lipinski definition) is 1. The highest BCUT2D eigenvalue weighted by Gasteiger charge is 2.39. The lowest BCUT2D eigenvalue weighted by Crippen LogP contribution is -2.34. The van der Waals surface area contributed by atoms with Gasteiger partial charge in [0, 0.05) is 6.54 Å². The Bertz CT molecular complexity index is 490. The quantitative estimate of drug-likeness (QED) is 0.920. The maximum absolute atomic E-state index is 12.6. The molecule has 1 saturated carbocycles. The van der Waals surface area contributed by atoms with Crippen LogP contribution in [0.15, 0.2) is 24.3 Å². The van der Waals surface area contributed by atoms with Gasteiger partial charge in [-0.2, -0.15) is 0 Å². The maximum atomic E-state index is 12.6. The number of nitrogens with one attached hydrogen (secondary N) is 1. The topological polar surface area (TPSA) is 32.3 Å². The number of hydrogen-bond acceptors (Lipinski definition) is 2. The molecule has 1 aliphatic carbocycles. The zero-order valence-electron chi connectivity index (χ0n) is 13.1. The Morgan fingerprint density at radius 1 is 1.19 bits per heavy atom. The molecule has 1 heterocycles. The fraction of sp³-hybridized carbons (Fsp3) is 0.611. The van der Waals surface area contributed by atoms with E-state index in [1.807, 2.05) is 0 Å². The molecule has 2 fully saturated rings. The van der Waals surface area contributed by atoms with Gasteiger partial charge in [-0.15, -0.1) is 0 Å². The highest BCUT2D eigenvalue weighted by molar-refractivity contribution is 5.84. The molecule has 2 atom stereocenters. The summed E-state index contributed by atoms with van der Waals surface area (Å²) in [6.07, 6.45) is 6.13. The number of nitrogens with zero attached hydrogens (tertiary/aromatic N) is 1. The fourth-order valence-corrected chi connectivity index (χ4v) is 3.66. The van der Waals surface area contributed by atoms with E-state index in [1.165, 1.54) is 36.8 Å². The highest BCUT2D eigenvalue weighted by Crippen LogP contribution is 2.32. The van der Waals surface area contributed by atoms with Crippen LogP contribution in [-0.4, -0.2) is 23.4 Å². The van der Waals surface area contributed by atoms with Gasteiger partial charge in [-0.1, -0.05) is 49.6 Å². The lowest BCUT2D eigenvalue weighted by atomic mass is 10.1. The minimum Gasteiger partial charge on any atom is -0.321 e. The van der Waals surface area contributed by atoms with Gasteiger partial charge in [-0.3, -0.25) is 10.1 Å². The van der Waals surface area contributed by atoms with Crippen LogP contribution in [0.25, 0.3) is 0 Å². The van der Waals surface area contributed by atoms with E-state index in [2.05, 4.69) is 48.3 Å². The zero-order valence-corrected chi connectivity index (χ0v) is 13.1. The second-order valence-corrected chi connectivity index (χ2v) is 6.58. The molecule has 2 aliphatic rings. The van der Waals surface area contributed by atoms with Crippen molar-refractivity contribution in [1.29, 1.82) is 0 Å². The smallest absolute Gasteiger partial charge is 0.241 e. The van der Waals surface area contributed by atoms with Gasteiger partial charge in [-0.25, -0.2) is 0 Å². The van der Waals surface area contributed by atoms with Crippen LogP contribution in [0.5, 0.6) is 0 Å². The second kappa shape index (κ2) is 6.18. The molecule has 1 aromatic rings. The normalized spacial score (nSPS) is 26.8. The molecule has 21 heavy (non-hydrogen) atoms. The molecule has 3 heteroatoms. The maximum Gasteiger partial charge on any atom is 0.241 e. The Morgan fingerprint density at radius 3 is 2.48 bits per heavy atom. The van der Waals surface area contributed by atoms with E-state index in [4.69, 9.17) is 0 Å². The van der Waals surface area contributed by atoms with Crippen LogP contribution in [0.1, 0.15) is 56.3 Å². The third kappa shape index (κ3) is 2.98. The van der Waals surface area contributed by atoms with Gasteiger partial charge in [0.2, 0.25) is 5.91 Å². The number of aryl methyl sites for hydroxylation is 1. The Hall–Kier alpha value is -1.35. The van der Waals surface area contributed by atoms with Gasteiger partial charge in [0.25, 0.3) is 0 Å².